The lowest BCUT2D eigenvalue weighted by atomic mass is 10.2. The van der Waals surface area contributed by atoms with Crippen molar-refractivity contribution >= 4 is 46.9 Å². The van der Waals surface area contributed by atoms with Crippen molar-refractivity contribution in [2.45, 2.75) is 6.61 Å². The van der Waals surface area contributed by atoms with Gasteiger partial charge in [-0.05, 0) is 53.6 Å². The van der Waals surface area contributed by atoms with Gasteiger partial charge in [0.1, 0.15) is 18.1 Å². The van der Waals surface area contributed by atoms with E-state index in [4.69, 9.17) is 44.3 Å². The zero-order valence-electron chi connectivity index (χ0n) is 15.6. The van der Waals surface area contributed by atoms with Crippen LogP contribution >= 0.6 is 34.8 Å². The molecule has 154 valence electrons. The molecule has 8 heteroatoms. The van der Waals surface area contributed by atoms with Gasteiger partial charge in [0.15, 0.2) is 6.61 Å². The fourth-order valence-electron chi connectivity index (χ4n) is 2.38. The van der Waals surface area contributed by atoms with Crippen LogP contribution in [0.3, 0.4) is 0 Å². The average molecular weight is 464 g/mol. The average Bonchev–Trinajstić information content (AvgIpc) is 2.73. The van der Waals surface area contributed by atoms with Crippen molar-refractivity contribution in [3.63, 3.8) is 0 Å². The Morgan fingerprint density at radius 3 is 2.47 bits per heavy atom. The second kappa shape index (κ2) is 10.9. The molecule has 3 aromatic rings. The molecule has 0 aliphatic heterocycles. The van der Waals surface area contributed by atoms with Gasteiger partial charge < -0.3 is 9.47 Å². The van der Waals surface area contributed by atoms with Crippen molar-refractivity contribution in [3.8, 4) is 11.5 Å². The van der Waals surface area contributed by atoms with Crippen LogP contribution in [-0.2, 0) is 11.4 Å². The van der Waals surface area contributed by atoms with Crippen molar-refractivity contribution in [2.75, 3.05) is 6.61 Å². The Balaban J connectivity index is 1.47. The number of halogens is 3. The van der Waals surface area contributed by atoms with Gasteiger partial charge in [-0.1, -0.05) is 59.1 Å². The quantitative estimate of drug-likeness (QED) is 0.341. The lowest BCUT2D eigenvalue weighted by molar-refractivity contribution is -0.123. The number of hydrogen-bond donors (Lipinski definition) is 1. The summed E-state index contributed by atoms with van der Waals surface area (Å²) in [5.74, 6) is 0.624. The van der Waals surface area contributed by atoms with E-state index in [-0.39, 0.29) is 6.61 Å². The normalized spacial score (nSPS) is 10.8. The Bertz CT molecular complexity index is 1040. The summed E-state index contributed by atoms with van der Waals surface area (Å²) in [6, 6.07) is 19.5. The predicted octanol–water partition coefficient (Wildman–Crippen LogP) is 5.75. The Hall–Kier alpha value is -2.73. The zero-order valence-corrected chi connectivity index (χ0v) is 17.9. The van der Waals surface area contributed by atoms with Gasteiger partial charge in [0, 0.05) is 10.0 Å². The number of ether oxygens (including phenoxy) is 2. The third kappa shape index (κ3) is 6.95. The molecular formula is C22H17Cl3N2O3. The number of rotatable bonds is 8. The van der Waals surface area contributed by atoms with Gasteiger partial charge in [-0.25, -0.2) is 5.43 Å². The standard InChI is InChI=1S/C22H17Cl3N2O3/c23-17-6-4-15(5-7-17)13-29-19-3-1-2-16(10-19)12-26-27-22(28)14-30-21-9-8-18(24)11-20(21)25/h1-12H,13-14H2,(H,27,28)/b26-12+. The molecule has 0 unspecified atom stereocenters. The molecule has 30 heavy (non-hydrogen) atoms. The number of benzene rings is 3. The number of carbonyl (C=O) groups excluding carboxylic acids is 1. The first kappa shape index (κ1) is 22.0. The Labute approximate surface area is 189 Å². The minimum atomic E-state index is -0.424. The van der Waals surface area contributed by atoms with Crippen LogP contribution in [0.15, 0.2) is 71.8 Å². The summed E-state index contributed by atoms with van der Waals surface area (Å²) in [7, 11) is 0. The zero-order chi connectivity index (χ0) is 21.3. The molecule has 0 aliphatic rings. The molecule has 0 spiro atoms. The number of hydrazone groups is 1. The van der Waals surface area contributed by atoms with E-state index < -0.39 is 5.91 Å². The second-order valence-corrected chi connectivity index (χ2v) is 7.42. The molecule has 0 aromatic heterocycles. The highest BCUT2D eigenvalue weighted by molar-refractivity contribution is 6.35. The van der Waals surface area contributed by atoms with E-state index in [0.717, 1.165) is 11.1 Å². The number of nitrogens with zero attached hydrogens (tertiary/aromatic N) is 1. The smallest absolute Gasteiger partial charge is 0.277 e. The molecule has 0 atom stereocenters. The number of carbonyl (C=O) groups is 1. The molecule has 0 saturated heterocycles. The van der Waals surface area contributed by atoms with Crippen molar-refractivity contribution in [1.29, 1.82) is 0 Å². The summed E-state index contributed by atoms with van der Waals surface area (Å²) in [5.41, 5.74) is 4.17. The third-order valence-electron chi connectivity index (χ3n) is 3.83. The number of amides is 1. The lowest BCUT2D eigenvalue weighted by Gasteiger charge is -2.07. The highest BCUT2D eigenvalue weighted by Crippen LogP contribution is 2.27. The lowest BCUT2D eigenvalue weighted by Crippen LogP contribution is -2.24. The molecule has 0 radical (unpaired) electrons. The summed E-state index contributed by atoms with van der Waals surface area (Å²) < 4.78 is 11.1. The molecule has 1 amide bonds. The van der Waals surface area contributed by atoms with Crippen LogP contribution in [-0.4, -0.2) is 18.7 Å². The van der Waals surface area contributed by atoms with Crippen molar-refractivity contribution in [2.24, 2.45) is 5.10 Å². The van der Waals surface area contributed by atoms with Crippen LogP contribution in [0.25, 0.3) is 0 Å². The van der Waals surface area contributed by atoms with Gasteiger partial charge in [-0.3, -0.25) is 4.79 Å². The van der Waals surface area contributed by atoms with Crippen molar-refractivity contribution in [3.05, 3.63) is 92.9 Å². The Morgan fingerprint density at radius 1 is 0.933 bits per heavy atom. The molecule has 0 fully saturated rings. The first-order valence-corrected chi connectivity index (χ1v) is 10.00. The van der Waals surface area contributed by atoms with Crippen LogP contribution in [0.5, 0.6) is 11.5 Å². The Morgan fingerprint density at radius 2 is 1.70 bits per heavy atom. The summed E-state index contributed by atoms with van der Waals surface area (Å²) >= 11 is 17.7. The molecular weight excluding hydrogens is 447 g/mol. The Kier molecular flexibility index (Phi) is 7.97. The van der Waals surface area contributed by atoms with Crippen molar-refractivity contribution in [1.82, 2.24) is 5.43 Å². The van der Waals surface area contributed by atoms with E-state index in [1.165, 1.54) is 12.3 Å². The van der Waals surface area contributed by atoms with E-state index in [9.17, 15) is 4.79 Å². The molecule has 1 N–H and O–H groups in total. The summed E-state index contributed by atoms with van der Waals surface area (Å²) in [4.78, 5) is 11.9. The predicted molar refractivity (Wildman–Crippen MR) is 120 cm³/mol. The second-order valence-electron chi connectivity index (χ2n) is 6.14. The number of hydrogen-bond acceptors (Lipinski definition) is 4. The van der Waals surface area contributed by atoms with E-state index in [1.54, 1.807) is 12.1 Å². The third-order valence-corrected chi connectivity index (χ3v) is 4.61. The van der Waals surface area contributed by atoms with Gasteiger partial charge >= 0.3 is 0 Å². The van der Waals surface area contributed by atoms with Crippen LogP contribution in [0.4, 0.5) is 0 Å². The van der Waals surface area contributed by atoms with Gasteiger partial charge in [0.05, 0.1) is 11.2 Å². The summed E-state index contributed by atoms with van der Waals surface area (Å²) in [6.07, 6.45) is 1.52. The maximum Gasteiger partial charge on any atom is 0.277 e. The maximum atomic E-state index is 11.9. The maximum absolute atomic E-state index is 11.9. The van der Waals surface area contributed by atoms with Crippen LogP contribution in [0.2, 0.25) is 15.1 Å². The minimum absolute atomic E-state index is 0.233. The van der Waals surface area contributed by atoms with Crippen LogP contribution < -0.4 is 14.9 Å². The SMILES string of the molecule is O=C(COc1ccc(Cl)cc1Cl)N/N=C/c1cccc(OCc2ccc(Cl)cc2)c1. The van der Waals surface area contributed by atoms with E-state index in [1.807, 2.05) is 48.5 Å². The highest BCUT2D eigenvalue weighted by atomic mass is 35.5. The molecule has 3 aromatic carbocycles. The van der Waals surface area contributed by atoms with Gasteiger partial charge in [-0.2, -0.15) is 5.10 Å². The van der Waals surface area contributed by atoms with Crippen molar-refractivity contribution < 1.29 is 14.3 Å². The first-order chi connectivity index (χ1) is 14.5. The van der Waals surface area contributed by atoms with Gasteiger partial charge in [-0.15, -0.1) is 0 Å². The molecule has 0 bridgehead atoms. The minimum Gasteiger partial charge on any atom is -0.489 e. The fraction of sp³-hybridized carbons (Fsp3) is 0.0909. The largest absolute Gasteiger partial charge is 0.489 e. The first-order valence-electron chi connectivity index (χ1n) is 8.87. The van der Waals surface area contributed by atoms with Gasteiger partial charge in [0.2, 0.25) is 0 Å². The van der Waals surface area contributed by atoms with E-state index in [2.05, 4.69) is 10.5 Å². The summed E-state index contributed by atoms with van der Waals surface area (Å²) in [6.45, 7) is 0.183. The van der Waals surface area contributed by atoms with Crippen LogP contribution in [0.1, 0.15) is 11.1 Å². The molecule has 0 aliphatic carbocycles. The number of nitrogens with one attached hydrogen (secondary N) is 1. The van der Waals surface area contributed by atoms with E-state index in [0.29, 0.717) is 33.2 Å². The molecule has 0 heterocycles. The molecule has 5 nitrogen and oxygen atoms in total. The highest BCUT2D eigenvalue weighted by Gasteiger charge is 2.06. The topological polar surface area (TPSA) is 59.9 Å². The van der Waals surface area contributed by atoms with Crippen LogP contribution in [0, 0.1) is 0 Å². The van der Waals surface area contributed by atoms with E-state index >= 15 is 0 Å². The fourth-order valence-corrected chi connectivity index (χ4v) is 2.97. The molecule has 3 rings (SSSR count). The monoisotopic (exact) mass is 462 g/mol. The molecule has 0 saturated carbocycles. The summed E-state index contributed by atoms with van der Waals surface area (Å²) in [5, 5.41) is 5.43. The van der Waals surface area contributed by atoms with Gasteiger partial charge in [0.25, 0.3) is 5.91 Å².